The van der Waals surface area contributed by atoms with Gasteiger partial charge in [0.1, 0.15) is 11.6 Å². The van der Waals surface area contributed by atoms with Crippen LogP contribution in [0.15, 0.2) is 36.4 Å². The van der Waals surface area contributed by atoms with Gasteiger partial charge in [-0.05, 0) is 61.2 Å². The quantitative estimate of drug-likeness (QED) is 0.558. The molecule has 1 heterocycles. The maximum atomic E-state index is 14.3. The van der Waals surface area contributed by atoms with Crippen molar-refractivity contribution in [1.29, 1.82) is 0 Å². The first-order valence-electron chi connectivity index (χ1n) is 8.50. The summed E-state index contributed by atoms with van der Waals surface area (Å²) in [5, 5.41) is 9.88. The third kappa shape index (κ3) is 3.75. The maximum Gasteiger partial charge on any atom is 0.307 e. The van der Waals surface area contributed by atoms with Crippen molar-refractivity contribution in [2.45, 2.75) is 25.7 Å². The van der Waals surface area contributed by atoms with Crippen LogP contribution >= 0.6 is 0 Å². The maximum absolute atomic E-state index is 14.3. The second-order valence-electron chi connectivity index (χ2n) is 6.30. The number of nitrogens with one attached hydrogen (secondary N) is 1. The molecule has 6 heteroatoms. The molecule has 0 atom stereocenters. The van der Waals surface area contributed by atoms with Crippen molar-refractivity contribution in [3.8, 4) is 11.3 Å². The zero-order valence-corrected chi connectivity index (χ0v) is 14.2. The van der Waals surface area contributed by atoms with Crippen molar-refractivity contribution in [2.24, 2.45) is 5.73 Å². The normalized spacial score (nSPS) is 11.2. The molecule has 1 aromatic heterocycles. The Balaban J connectivity index is 2.13. The van der Waals surface area contributed by atoms with E-state index in [4.69, 9.17) is 10.8 Å². The van der Waals surface area contributed by atoms with Gasteiger partial charge in [0.25, 0.3) is 0 Å². The van der Waals surface area contributed by atoms with E-state index in [1.165, 1.54) is 12.1 Å². The number of halogens is 2. The number of hydrogen-bond donors (Lipinski definition) is 3. The Morgan fingerprint density at radius 2 is 1.92 bits per heavy atom. The number of hydrogen-bond acceptors (Lipinski definition) is 2. The van der Waals surface area contributed by atoms with E-state index in [2.05, 4.69) is 4.98 Å². The summed E-state index contributed by atoms with van der Waals surface area (Å²) in [5.74, 6) is -2.17. The van der Waals surface area contributed by atoms with E-state index >= 15 is 0 Å². The molecule has 4 nitrogen and oxygen atoms in total. The van der Waals surface area contributed by atoms with Crippen molar-refractivity contribution in [2.75, 3.05) is 6.54 Å². The topological polar surface area (TPSA) is 79.1 Å². The van der Waals surface area contributed by atoms with Gasteiger partial charge in [0.15, 0.2) is 0 Å². The molecule has 0 spiro atoms. The number of carbonyl (C=O) groups is 1. The molecule has 0 aliphatic carbocycles. The van der Waals surface area contributed by atoms with Crippen LogP contribution in [-0.2, 0) is 17.6 Å². The molecule has 0 amide bonds. The minimum absolute atomic E-state index is 0.0798. The van der Waals surface area contributed by atoms with E-state index in [1.54, 1.807) is 12.1 Å². The van der Waals surface area contributed by atoms with Crippen molar-refractivity contribution >= 4 is 16.9 Å². The number of carboxylic acids is 1. The van der Waals surface area contributed by atoms with E-state index in [0.29, 0.717) is 29.8 Å². The highest BCUT2D eigenvalue weighted by atomic mass is 19.1. The molecule has 0 aliphatic heterocycles. The van der Waals surface area contributed by atoms with Gasteiger partial charge >= 0.3 is 5.97 Å². The number of aliphatic carboxylic acids is 1. The number of H-pyrrole nitrogens is 1. The van der Waals surface area contributed by atoms with Gasteiger partial charge < -0.3 is 15.8 Å². The van der Waals surface area contributed by atoms with Gasteiger partial charge in [-0.25, -0.2) is 8.78 Å². The number of nitrogens with two attached hydrogens (primary N) is 1. The average Bonchev–Trinajstić information content (AvgIpc) is 2.92. The monoisotopic (exact) mass is 358 g/mol. The van der Waals surface area contributed by atoms with Gasteiger partial charge in [-0.1, -0.05) is 6.07 Å². The summed E-state index contributed by atoms with van der Waals surface area (Å²) in [7, 11) is 0. The summed E-state index contributed by atoms with van der Waals surface area (Å²) >= 11 is 0. The summed E-state index contributed by atoms with van der Waals surface area (Å²) in [6.07, 6.45) is 2.23. The molecule has 0 bridgehead atoms. The predicted octanol–water partition coefficient (Wildman–Crippen LogP) is 4.02. The molecular weight excluding hydrogens is 338 g/mol. The zero-order chi connectivity index (χ0) is 18.7. The Morgan fingerprint density at radius 3 is 2.62 bits per heavy atom. The molecule has 3 aromatic rings. The number of rotatable bonds is 7. The lowest BCUT2D eigenvalue weighted by atomic mass is 9.98. The summed E-state index contributed by atoms with van der Waals surface area (Å²) in [5.41, 5.74) is 8.83. The SMILES string of the molecule is NCCCCc1c(-c2ccc(F)cc2F)[nH]c2ccc(CC(=O)O)cc12. The van der Waals surface area contributed by atoms with Crippen molar-refractivity contribution in [1.82, 2.24) is 4.98 Å². The van der Waals surface area contributed by atoms with Gasteiger partial charge in [-0.15, -0.1) is 0 Å². The molecule has 26 heavy (non-hydrogen) atoms. The molecular formula is C20H20F2N2O2. The lowest BCUT2D eigenvalue weighted by molar-refractivity contribution is -0.136. The van der Waals surface area contributed by atoms with Crippen molar-refractivity contribution in [3.63, 3.8) is 0 Å². The number of aryl methyl sites for hydroxylation is 1. The Labute approximate surface area is 149 Å². The Hall–Kier alpha value is -2.73. The molecule has 2 aromatic carbocycles. The number of fused-ring (bicyclic) bond motifs is 1. The molecule has 0 saturated heterocycles. The van der Waals surface area contributed by atoms with Gasteiger partial charge in [-0.2, -0.15) is 0 Å². The van der Waals surface area contributed by atoms with Crippen LogP contribution in [0.2, 0.25) is 0 Å². The van der Waals surface area contributed by atoms with E-state index in [1.807, 2.05) is 6.07 Å². The number of aromatic nitrogens is 1. The van der Waals surface area contributed by atoms with Crippen molar-refractivity contribution in [3.05, 3.63) is 59.2 Å². The minimum Gasteiger partial charge on any atom is -0.481 e. The first-order chi connectivity index (χ1) is 12.5. The molecule has 0 aliphatic rings. The molecule has 0 unspecified atom stereocenters. The molecule has 0 fully saturated rings. The van der Waals surface area contributed by atoms with E-state index in [0.717, 1.165) is 35.4 Å². The smallest absolute Gasteiger partial charge is 0.307 e. The number of unbranched alkanes of at least 4 members (excludes halogenated alkanes) is 1. The van der Waals surface area contributed by atoms with Gasteiger partial charge in [0.05, 0.1) is 12.1 Å². The average molecular weight is 358 g/mol. The third-order valence-electron chi connectivity index (χ3n) is 4.41. The van der Waals surface area contributed by atoms with Crippen LogP contribution in [0, 0.1) is 11.6 Å². The van der Waals surface area contributed by atoms with Gasteiger partial charge in [0, 0.05) is 22.5 Å². The van der Waals surface area contributed by atoms with Crippen LogP contribution in [0.3, 0.4) is 0 Å². The van der Waals surface area contributed by atoms with Gasteiger partial charge in [0.2, 0.25) is 0 Å². The van der Waals surface area contributed by atoms with Crippen LogP contribution in [0.4, 0.5) is 8.78 Å². The number of aromatic amines is 1. The highest BCUT2D eigenvalue weighted by molar-refractivity contribution is 5.92. The zero-order valence-electron chi connectivity index (χ0n) is 14.2. The Kier molecular flexibility index (Phi) is 5.32. The highest BCUT2D eigenvalue weighted by Crippen LogP contribution is 2.34. The first kappa shape index (κ1) is 18.1. The van der Waals surface area contributed by atoms with Crippen LogP contribution in [-0.4, -0.2) is 22.6 Å². The van der Waals surface area contributed by atoms with Crippen LogP contribution in [0.5, 0.6) is 0 Å². The molecule has 0 saturated carbocycles. The predicted molar refractivity (Wildman–Crippen MR) is 97.0 cm³/mol. The fraction of sp³-hybridized carbons (Fsp3) is 0.250. The summed E-state index contributed by atoms with van der Waals surface area (Å²) < 4.78 is 27.6. The highest BCUT2D eigenvalue weighted by Gasteiger charge is 2.17. The summed E-state index contributed by atoms with van der Waals surface area (Å²) in [6.45, 7) is 0.562. The largest absolute Gasteiger partial charge is 0.481 e. The number of carboxylic acid groups (broad SMARTS) is 1. The van der Waals surface area contributed by atoms with E-state index in [9.17, 15) is 13.6 Å². The summed E-state index contributed by atoms with van der Waals surface area (Å²) in [6, 6.07) is 8.86. The van der Waals surface area contributed by atoms with Crippen molar-refractivity contribution < 1.29 is 18.7 Å². The Bertz CT molecular complexity index is 950. The fourth-order valence-electron chi connectivity index (χ4n) is 3.21. The standard InChI is InChI=1S/C20H20F2N2O2/c21-13-5-6-15(17(22)11-13)20-14(3-1-2-8-23)16-9-12(10-19(25)26)4-7-18(16)24-20/h4-7,9,11,24H,1-3,8,10,23H2,(H,25,26). The first-order valence-corrected chi connectivity index (χ1v) is 8.50. The molecule has 4 N–H and O–H groups in total. The van der Waals surface area contributed by atoms with Crippen LogP contribution in [0.25, 0.3) is 22.2 Å². The summed E-state index contributed by atoms with van der Waals surface area (Å²) in [4.78, 5) is 14.2. The van der Waals surface area contributed by atoms with E-state index < -0.39 is 17.6 Å². The number of benzene rings is 2. The molecule has 3 rings (SSSR count). The molecule has 136 valence electrons. The third-order valence-corrected chi connectivity index (χ3v) is 4.41. The minimum atomic E-state index is -0.908. The second kappa shape index (κ2) is 7.66. The van der Waals surface area contributed by atoms with Crippen LogP contribution < -0.4 is 5.73 Å². The second-order valence-corrected chi connectivity index (χ2v) is 6.30. The molecule has 0 radical (unpaired) electrons. The van der Waals surface area contributed by atoms with Crippen LogP contribution in [0.1, 0.15) is 24.0 Å². The van der Waals surface area contributed by atoms with E-state index in [-0.39, 0.29) is 6.42 Å². The Morgan fingerprint density at radius 1 is 1.12 bits per heavy atom. The fourth-order valence-corrected chi connectivity index (χ4v) is 3.21. The van der Waals surface area contributed by atoms with Gasteiger partial charge in [-0.3, -0.25) is 4.79 Å². The lowest BCUT2D eigenvalue weighted by Gasteiger charge is -2.07. The lowest BCUT2D eigenvalue weighted by Crippen LogP contribution is -2.00.